The van der Waals surface area contributed by atoms with Gasteiger partial charge in [-0.1, -0.05) is 42.5 Å². The highest BCUT2D eigenvalue weighted by molar-refractivity contribution is 5.93. The van der Waals surface area contributed by atoms with Crippen molar-refractivity contribution in [2.24, 2.45) is 0 Å². The van der Waals surface area contributed by atoms with E-state index in [1.807, 2.05) is 67.6 Å². The van der Waals surface area contributed by atoms with Crippen molar-refractivity contribution in [1.29, 1.82) is 0 Å². The third-order valence-electron chi connectivity index (χ3n) is 3.94. The van der Waals surface area contributed by atoms with Crippen molar-refractivity contribution >= 4 is 22.5 Å². The molecular formula is C21H22N2O2. The Bertz CT molecular complexity index is 844. The van der Waals surface area contributed by atoms with E-state index in [1.54, 1.807) is 0 Å². The Morgan fingerprint density at radius 3 is 2.48 bits per heavy atom. The van der Waals surface area contributed by atoms with E-state index in [0.29, 0.717) is 13.2 Å². The summed E-state index contributed by atoms with van der Waals surface area (Å²) in [7, 11) is 0. The highest BCUT2D eigenvalue weighted by Gasteiger charge is 2.03. The van der Waals surface area contributed by atoms with Crippen LogP contribution in [-0.2, 0) is 6.42 Å². The number of ether oxygens (including phenoxy) is 1. The van der Waals surface area contributed by atoms with Crippen LogP contribution < -0.4 is 15.4 Å². The van der Waals surface area contributed by atoms with E-state index in [0.717, 1.165) is 34.2 Å². The molecule has 0 saturated heterocycles. The third-order valence-corrected chi connectivity index (χ3v) is 3.94. The first-order valence-corrected chi connectivity index (χ1v) is 8.50. The fourth-order valence-corrected chi connectivity index (χ4v) is 2.68. The van der Waals surface area contributed by atoms with Crippen LogP contribution in [0.15, 0.2) is 66.7 Å². The number of amides is 2. The normalized spacial score (nSPS) is 10.4. The van der Waals surface area contributed by atoms with Gasteiger partial charge in [-0.2, -0.15) is 0 Å². The number of rotatable bonds is 6. The number of fused-ring (bicyclic) bond motifs is 1. The Labute approximate surface area is 147 Å². The lowest BCUT2D eigenvalue weighted by atomic mass is 10.1. The van der Waals surface area contributed by atoms with Crippen LogP contribution in [0.2, 0.25) is 0 Å². The molecule has 128 valence electrons. The molecule has 0 aromatic heterocycles. The van der Waals surface area contributed by atoms with Gasteiger partial charge in [-0.15, -0.1) is 0 Å². The summed E-state index contributed by atoms with van der Waals surface area (Å²) < 4.78 is 5.42. The first-order valence-electron chi connectivity index (χ1n) is 8.50. The van der Waals surface area contributed by atoms with Crippen LogP contribution in [0.25, 0.3) is 10.8 Å². The Hall–Kier alpha value is -3.01. The third kappa shape index (κ3) is 4.73. The molecule has 4 heteroatoms. The Balaban J connectivity index is 1.48. The molecule has 2 N–H and O–H groups in total. The standard InChI is InChI=1S/C21H22N2O2/c1-2-25-20-11-7-16(8-12-20)13-14-22-21(24)23-19-10-9-17-5-3-4-6-18(17)15-19/h3-12,15H,2,13-14H2,1H3,(H2,22,23,24). The zero-order valence-corrected chi connectivity index (χ0v) is 14.3. The van der Waals surface area contributed by atoms with E-state index < -0.39 is 0 Å². The van der Waals surface area contributed by atoms with E-state index in [9.17, 15) is 4.79 Å². The molecule has 0 unspecified atom stereocenters. The van der Waals surface area contributed by atoms with Crippen molar-refractivity contribution in [2.75, 3.05) is 18.5 Å². The summed E-state index contributed by atoms with van der Waals surface area (Å²) in [5, 5.41) is 8.02. The lowest BCUT2D eigenvalue weighted by Gasteiger charge is -2.09. The maximum atomic E-state index is 12.0. The number of carbonyl (C=O) groups excluding carboxylic acids is 1. The summed E-state index contributed by atoms with van der Waals surface area (Å²) in [6.07, 6.45) is 0.775. The van der Waals surface area contributed by atoms with Gasteiger partial charge in [-0.3, -0.25) is 0 Å². The number of urea groups is 1. The van der Waals surface area contributed by atoms with Crippen LogP contribution >= 0.6 is 0 Å². The highest BCUT2D eigenvalue weighted by atomic mass is 16.5. The summed E-state index contributed by atoms with van der Waals surface area (Å²) in [6, 6.07) is 21.7. The number of hydrogen-bond acceptors (Lipinski definition) is 2. The summed E-state index contributed by atoms with van der Waals surface area (Å²) in [5.74, 6) is 0.869. The smallest absolute Gasteiger partial charge is 0.319 e. The molecule has 3 aromatic carbocycles. The van der Waals surface area contributed by atoms with Gasteiger partial charge in [0.15, 0.2) is 0 Å². The van der Waals surface area contributed by atoms with Gasteiger partial charge in [0.2, 0.25) is 0 Å². The predicted molar refractivity (Wildman–Crippen MR) is 102 cm³/mol. The molecule has 3 rings (SSSR count). The molecule has 0 saturated carbocycles. The van der Waals surface area contributed by atoms with Crippen molar-refractivity contribution < 1.29 is 9.53 Å². The summed E-state index contributed by atoms with van der Waals surface area (Å²) in [4.78, 5) is 12.0. The molecule has 0 fully saturated rings. The quantitative estimate of drug-likeness (QED) is 0.692. The molecule has 0 aliphatic heterocycles. The molecule has 0 heterocycles. The van der Waals surface area contributed by atoms with Gasteiger partial charge in [0.25, 0.3) is 0 Å². The molecule has 0 bridgehead atoms. The second kappa shape index (κ2) is 8.20. The summed E-state index contributed by atoms with van der Waals surface area (Å²) in [5.41, 5.74) is 1.95. The molecule has 4 nitrogen and oxygen atoms in total. The van der Waals surface area contributed by atoms with E-state index in [-0.39, 0.29) is 6.03 Å². The van der Waals surface area contributed by atoms with Crippen molar-refractivity contribution in [3.8, 4) is 5.75 Å². The van der Waals surface area contributed by atoms with Gasteiger partial charge >= 0.3 is 6.03 Å². The first-order chi connectivity index (χ1) is 12.2. The Kier molecular flexibility index (Phi) is 5.52. The SMILES string of the molecule is CCOc1ccc(CCNC(=O)Nc2ccc3ccccc3c2)cc1. The molecule has 3 aromatic rings. The largest absolute Gasteiger partial charge is 0.494 e. The molecule has 0 atom stereocenters. The monoisotopic (exact) mass is 334 g/mol. The molecule has 0 spiro atoms. The number of carbonyl (C=O) groups is 1. The average molecular weight is 334 g/mol. The lowest BCUT2D eigenvalue weighted by molar-refractivity contribution is 0.252. The molecule has 0 radical (unpaired) electrons. The van der Waals surface area contributed by atoms with Crippen molar-refractivity contribution in [2.45, 2.75) is 13.3 Å². The number of hydrogen-bond donors (Lipinski definition) is 2. The predicted octanol–water partition coefficient (Wildman–Crippen LogP) is 4.60. The summed E-state index contributed by atoms with van der Waals surface area (Å²) >= 11 is 0. The second-order valence-corrected chi connectivity index (χ2v) is 5.77. The Morgan fingerprint density at radius 2 is 1.72 bits per heavy atom. The highest BCUT2D eigenvalue weighted by Crippen LogP contribution is 2.18. The minimum Gasteiger partial charge on any atom is -0.494 e. The number of nitrogens with one attached hydrogen (secondary N) is 2. The maximum Gasteiger partial charge on any atom is 0.319 e. The zero-order chi connectivity index (χ0) is 17.5. The van der Waals surface area contributed by atoms with Crippen LogP contribution in [0.4, 0.5) is 10.5 Å². The van der Waals surface area contributed by atoms with Gasteiger partial charge in [0.05, 0.1) is 6.61 Å². The molecular weight excluding hydrogens is 312 g/mol. The van der Waals surface area contributed by atoms with Crippen LogP contribution in [0, 0.1) is 0 Å². The zero-order valence-electron chi connectivity index (χ0n) is 14.3. The summed E-state index contributed by atoms with van der Waals surface area (Å²) in [6.45, 7) is 3.20. The molecule has 2 amide bonds. The number of benzene rings is 3. The van der Waals surface area contributed by atoms with Crippen LogP contribution in [-0.4, -0.2) is 19.2 Å². The molecule has 25 heavy (non-hydrogen) atoms. The van der Waals surface area contributed by atoms with Gasteiger partial charge in [-0.25, -0.2) is 4.79 Å². The van der Waals surface area contributed by atoms with E-state index in [2.05, 4.69) is 16.7 Å². The second-order valence-electron chi connectivity index (χ2n) is 5.77. The van der Waals surface area contributed by atoms with Crippen molar-refractivity contribution in [3.63, 3.8) is 0 Å². The van der Waals surface area contributed by atoms with Gasteiger partial charge in [0, 0.05) is 12.2 Å². The van der Waals surface area contributed by atoms with E-state index in [1.165, 1.54) is 0 Å². The fourth-order valence-electron chi connectivity index (χ4n) is 2.68. The van der Waals surface area contributed by atoms with Gasteiger partial charge in [-0.05, 0) is 53.9 Å². The van der Waals surface area contributed by atoms with Gasteiger partial charge in [0.1, 0.15) is 5.75 Å². The molecule has 0 aliphatic rings. The topological polar surface area (TPSA) is 50.4 Å². The minimum absolute atomic E-state index is 0.193. The minimum atomic E-state index is -0.193. The Morgan fingerprint density at radius 1 is 0.960 bits per heavy atom. The van der Waals surface area contributed by atoms with Crippen LogP contribution in [0.3, 0.4) is 0 Å². The molecule has 0 aliphatic carbocycles. The van der Waals surface area contributed by atoms with Crippen LogP contribution in [0.5, 0.6) is 5.75 Å². The average Bonchev–Trinajstić information content (AvgIpc) is 2.63. The van der Waals surface area contributed by atoms with Crippen LogP contribution in [0.1, 0.15) is 12.5 Å². The van der Waals surface area contributed by atoms with Crippen molar-refractivity contribution in [1.82, 2.24) is 5.32 Å². The maximum absolute atomic E-state index is 12.0. The van der Waals surface area contributed by atoms with E-state index >= 15 is 0 Å². The fraction of sp³-hybridized carbons (Fsp3) is 0.190. The lowest BCUT2D eigenvalue weighted by Crippen LogP contribution is -2.30. The van der Waals surface area contributed by atoms with E-state index in [4.69, 9.17) is 4.74 Å². The van der Waals surface area contributed by atoms with Gasteiger partial charge < -0.3 is 15.4 Å². The number of anilines is 1. The first kappa shape index (κ1) is 16.8. The van der Waals surface area contributed by atoms with Crippen molar-refractivity contribution in [3.05, 3.63) is 72.3 Å².